The number of fused-ring (bicyclic) bond motifs is 1. The van der Waals surface area contributed by atoms with E-state index in [4.69, 9.17) is 5.14 Å². The molecule has 0 atom stereocenters. The van der Waals surface area contributed by atoms with E-state index in [0.29, 0.717) is 16.7 Å². The Balaban J connectivity index is 1.70. The van der Waals surface area contributed by atoms with Crippen LogP contribution in [0.1, 0.15) is 27.0 Å². The Labute approximate surface area is 186 Å². The summed E-state index contributed by atoms with van der Waals surface area (Å²) in [6.07, 6.45) is 1.49. The van der Waals surface area contributed by atoms with Crippen LogP contribution >= 0.6 is 0 Å². The number of nitrogens with one attached hydrogen (secondary N) is 2. The van der Waals surface area contributed by atoms with Gasteiger partial charge in [-0.05, 0) is 47.4 Å². The van der Waals surface area contributed by atoms with Crippen molar-refractivity contribution in [3.8, 4) is 11.1 Å². The molecule has 4 N–H and O–H groups in total. The van der Waals surface area contributed by atoms with Crippen molar-refractivity contribution in [2.24, 2.45) is 5.14 Å². The van der Waals surface area contributed by atoms with E-state index in [1.165, 1.54) is 12.3 Å². The molecule has 4 rings (SSSR count). The predicted octanol–water partition coefficient (Wildman–Crippen LogP) is 2.71. The van der Waals surface area contributed by atoms with Gasteiger partial charge in [-0.25, -0.2) is 13.6 Å². The first kappa shape index (κ1) is 21.5. The maximum Gasteiger partial charge on any atom is 0.260 e. The molecule has 3 aromatic carbocycles. The highest BCUT2D eigenvalue weighted by Gasteiger charge is 2.27. The van der Waals surface area contributed by atoms with Crippen LogP contribution in [0.4, 0.5) is 0 Å². The third-order valence-electron chi connectivity index (χ3n) is 5.30. The molecule has 0 spiro atoms. The molecule has 0 aromatic heterocycles. The van der Waals surface area contributed by atoms with Gasteiger partial charge < -0.3 is 5.32 Å². The zero-order chi connectivity index (χ0) is 22.9. The molecule has 162 valence electrons. The molecule has 8 heteroatoms. The van der Waals surface area contributed by atoms with Gasteiger partial charge in [-0.15, -0.1) is 0 Å². The number of imide groups is 1. The Hall–Kier alpha value is -3.75. The summed E-state index contributed by atoms with van der Waals surface area (Å²) >= 11 is 0. The maximum atomic E-state index is 12.6. The molecule has 1 heterocycles. The van der Waals surface area contributed by atoms with E-state index in [1.54, 1.807) is 24.3 Å². The van der Waals surface area contributed by atoms with Crippen molar-refractivity contribution in [3.63, 3.8) is 0 Å². The highest BCUT2D eigenvalue weighted by Crippen LogP contribution is 2.31. The quantitative estimate of drug-likeness (QED) is 0.411. The van der Waals surface area contributed by atoms with Crippen molar-refractivity contribution < 1.29 is 18.0 Å². The standard InChI is InChI=1S/C24H21N3O4S/c1-15-6-2-4-8-18(15)16-10-11-19-20(12-16)21(24(29)27-23(19)28)14-26-13-17-7-3-5-9-22(17)32(25,30)31/h2-12,14,26H,13H2,1H3,(H2,25,30,31)(H,27,28,29)/b21-14-. The van der Waals surface area contributed by atoms with Crippen molar-refractivity contribution in [2.45, 2.75) is 18.4 Å². The number of hydrogen-bond donors (Lipinski definition) is 3. The van der Waals surface area contributed by atoms with Crippen molar-refractivity contribution in [1.29, 1.82) is 0 Å². The number of hydrogen-bond acceptors (Lipinski definition) is 5. The molecule has 0 fully saturated rings. The minimum absolute atomic E-state index is 0.0106. The molecule has 0 aliphatic carbocycles. The van der Waals surface area contributed by atoms with Crippen LogP contribution < -0.4 is 15.8 Å². The van der Waals surface area contributed by atoms with Crippen molar-refractivity contribution in [2.75, 3.05) is 0 Å². The fourth-order valence-electron chi connectivity index (χ4n) is 3.72. The first-order valence-corrected chi connectivity index (χ1v) is 11.4. The Morgan fingerprint density at radius 2 is 1.62 bits per heavy atom. The van der Waals surface area contributed by atoms with Gasteiger partial charge in [0.05, 0.1) is 10.5 Å². The molecule has 0 unspecified atom stereocenters. The van der Waals surface area contributed by atoms with E-state index in [2.05, 4.69) is 10.6 Å². The van der Waals surface area contributed by atoms with E-state index < -0.39 is 21.8 Å². The molecule has 32 heavy (non-hydrogen) atoms. The number of rotatable bonds is 5. The van der Waals surface area contributed by atoms with Crippen molar-refractivity contribution in [1.82, 2.24) is 10.6 Å². The molecule has 2 amide bonds. The lowest BCUT2D eigenvalue weighted by Gasteiger charge is -2.20. The number of carbonyl (C=O) groups is 2. The summed E-state index contributed by atoms with van der Waals surface area (Å²) in [5, 5.41) is 10.6. The van der Waals surface area contributed by atoms with Crippen LogP contribution in [0.5, 0.6) is 0 Å². The summed E-state index contributed by atoms with van der Waals surface area (Å²) in [4.78, 5) is 25.0. The Bertz CT molecular complexity index is 1380. The molecule has 0 saturated heterocycles. The van der Waals surface area contributed by atoms with Crippen LogP contribution in [-0.2, 0) is 21.4 Å². The van der Waals surface area contributed by atoms with Crippen LogP contribution in [0, 0.1) is 6.92 Å². The van der Waals surface area contributed by atoms with E-state index in [9.17, 15) is 18.0 Å². The lowest BCUT2D eigenvalue weighted by atomic mass is 9.90. The summed E-state index contributed by atoms with van der Waals surface area (Å²) in [6, 6.07) is 19.6. The third kappa shape index (κ3) is 4.18. The molecule has 0 radical (unpaired) electrons. The number of carbonyl (C=O) groups excluding carboxylic acids is 2. The highest BCUT2D eigenvalue weighted by molar-refractivity contribution is 7.89. The first-order chi connectivity index (χ1) is 15.3. The van der Waals surface area contributed by atoms with Crippen LogP contribution in [0.25, 0.3) is 16.7 Å². The fraction of sp³-hybridized carbons (Fsp3) is 0.0833. The third-order valence-corrected chi connectivity index (χ3v) is 6.31. The molecule has 1 aliphatic heterocycles. The highest BCUT2D eigenvalue weighted by atomic mass is 32.2. The number of benzene rings is 3. The number of sulfonamides is 1. The molecule has 0 bridgehead atoms. The molecule has 0 saturated carbocycles. The monoisotopic (exact) mass is 447 g/mol. The van der Waals surface area contributed by atoms with Gasteiger partial charge in [-0.1, -0.05) is 48.5 Å². The van der Waals surface area contributed by atoms with Crippen molar-refractivity contribution in [3.05, 3.63) is 95.2 Å². The van der Waals surface area contributed by atoms with E-state index in [0.717, 1.165) is 16.7 Å². The average molecular weight is 448 g/mol. The normalized spacial score (nSPS) is 14.8. The second kappa shape index (κ2) is 8.41. The number of nitrogens with two attached hydrogens (primary N) is 1. The number of primary sulfonamides is 1. The number of aryl methyl sites for hydroxylation is 1. The van der Waals surface area contributed by atoms with Gasteiger partial charge in [-0.2, -0.15) is 0 Å². The molecular weight excluding hydrogens is 426 g/mol. The lowest BCUT2D eigenvalue weighted by Crippen LogP contribution is -2.37. The van der Waals surface area contributed by atoms with Crippen LogP contribution in [0.15, 0.2) is 77.8 Å². The summed E-state index contributed by atoms with van der Waals surface area (Å²) in [5.74, 6) is -0.991. The zero-order valence-corrected chi connectivity index (χ0v) is 18.1. The lowest BCUT2D eigenvalue weighted by molar-refractivity contribution is -0.114. The second-order valence-corrected chi connectivity index (χ2v) is 8.98. The minimum Gasteiger partial charge on any atom is -0.386 e. The maximum absolute atomic E-state index is 12.6. The smallest absolute Gasteiger partial charge is 0.260 e. The van der Waals surface area contributed by atoms with E-state index >= 15 is 0 Å². The van der Waals surface area contributed by atoms with Gasteiger partial charge in [0.25, 0.3) is 11.8 Å². The second-order valence-electron chi connectivity index (χ2n) is 7.45. The summed E-state index contributed by atoms with van der Waals surface area (Å²) < 4.78 is 23.6. The summed E-state index contributed by atoms with van der Waals surface area (Å²) in [5.41, 5.74) is 4.60. The van der Waals surface area contributed by atoms with Crippen LogP contribution in [0.3, 0.4) is 0 Å². The topological polar surface area (TPSA) is 118 Å². The van der Waals surface area contributed by atoms with Gasteiger partial charge in [0.2, 0.25) is 10.0 Å². The van der Waals surface area contributed by atoms with Gasteiger partial charge in [-0.3, -0.25) is 14.9 Å². The Kier molecular flexibility index (Phi) is 5.65. The predicted molar refractivity (Wildman–Crippen MR) is 122 cm³/mol. The van der Waals surface area contributed by atoms with Gasteiger partial charge in [0.15, 0.2) is 0 Å². The van der Waals surface area contributed by atoms with E-state index in [1.807, 2.05) is 43.3 Å². The Morgan fingerprint density at radius 1 is 0.906 bits per heavy atom. The summed E-state index contributed by atoms with van der Waals surface area (Å²) in [7, 11) is -3.88. The fourth-order valence-corrected chi connectivity index (χ4v) is 4.50. The van der Waals surface area contributed by atoms with Crippen LogP contribution in [-0.4, -0.2) is 20.2 Å². The van der Waals surface area contributed by atoms with Gasteiger partial charge in [0, 0.05) is 23.9 Å². The van der Waals surface area contributed by atoms with Crippen molar-refractivity contribution >= 4 is 27.4 Å². The average Bonchev–Trinajstić information content (AvgIpc) is 2.75. The minimum atomic E-state index is -3.88. The molecule has 3 aromatic rings. The SMILES string of the molecule is Cc1ccccc1-c1ccc2c(c1)/C(=C/NCc1ccccc1S(N)(=O)=O)C(=O)NC2=O. The Morgan fingerprint density at radius 3 is 2.38 bits per heavy atom. The zero-order valence-electron chi connectivity index (χ0n) is 17.3. The molecule has 7 nitrogen and oxygen atoms in total. The molecule has 1 aliphatic rings. The first-order valence-electron chi connectivity index (χ1n) is 9.86. The van der Waals surface area contributed by atoms with Gasteiger partial charge in [0.1, 0.15) is 0 Å². The summed E-state index contributed by atoms with van der Waals surface area (Å²) in [6.45, 7) is 2.12. The number of amides is 2. The van der Waals surface area contributed by atoms with E-state index in [-0.39, 0.29) is 17.0 Å². The van der Waals surface area contributed by atoms with Gasteiger partial charge >= 0.3 is 0 Å². The van der Waals surface area contributed by atoms with Crippen LogP contribution in [0.2, 0.25) is 0 Å². The largest absolute Gasteiger partial charge is 0.386 e. The molecular formula is C24H21N3O4S.